The fourth-order valence-corrected chi connectivity index (χ4v) is 3.79. The Hall–Kier alpha value is -5.03. The van der Waals surface area contributed by atoms with Gasteiger partial charge in [-0.2, -0.15) is 0 Å². The highest BCUT2D eigenvalue weighted by molar-refractivity contribution is 5.87. The first-order chi connectivity index (χ1) is 20.1. The molecule has 42 heavy (non-hydrogen) atoms. The summed E-state index contributed by atoms with van der Waals surface area (Å²) in [5.41, 5.74) is 0.940. The lowest BCUT2D eigenvalue weighted by Crippen LogP contribution is -2.31. The van der Waals surface area contributed by atoms with Crippen molar-refractivity contribution in [1.29, 1.82) is 0 Å². The molecule has 0 fully saturated rings. The van der Waals surface area contributed by atoms with Crippen LogP contribution in [0.15, 0.2) is 66.7 Å². The number of benzene rings is 3. The Morgan fingerprint density at radius 3 is 1.90 bits per heavy atom. The fraction of sp³-hybridized carbons (Fsp3) is 0.258. The Bertz CT molecular complexity index is 1390. The summed E-state index contributed by atoms with van der Waals surface area (Å²) in [5.74, 6) is -0.324. The van der Waals surface area contributed by atoms with E-state index in [1.54, 1.807) is 48.5 Å². The van der Waals surface area contributed by atoms with Crippen molar-refractivity contribution in [2.24, 2.45) is 0 Å². The van der Waals surface area contributed by atoms with Gasteiger partial charge >= 0.3 is 17.9 Å². The highest BCUT2D eigenvalue weighted by Gasteiger charge is 2.28. The Kier molecular flexibility index (Phi) is 11.3. The van der Waals surface area contributed by atoms with Gasteiger partial charge in [0.15, 0.2) is 29.1 Å². The first-order valence-corrected chi connectivity index (χ1v) is 12.7. The second-order valence-corrected chi connectivity index (χ2v) is 8.73. The SMILES string of the molecule is COc1ccccc1O[C@H](COC(=O)/C=C/c1ccc(OC(C)=O)cc1)[C@@H](O)c1cc(OC)c(OC(C)=O)c(OC)c1. The molecular formula is C31H32O11. The third-order valence-electron chi connectivity index (χ3n) is 5.71. The number of hydrogen-bond acceptors (Lipinski definition) is 11. The second kappa shape index (κ2) is 15.1. The molecule has 0 bridgehead atoms. The third kappa shape index (κ3) is 8.73. The van der Waals surface area contributed by atoms with Crippen LogP contribution in [0.5, 0.6) is 34.5 Å². The lowest BCUT2D eigenvalue weighted by Gasteiger charge is -2.26. The molecular weight excluding hydrogens is 548 g/mol. The highest BCUT2D eigenvalue weighted by atomic mass is 16.6. The zero-order chi connectivity index (χ0) is 30.6. The van der Waals surface area contributed by atoms with Gasteiger partial charge in [0, 0.05) is 19.9 Å². The molecule has 0 amide bonds. The van der Waals surface area contributed by atoms with Crippen LogP contribution in [-0.2, 0) is 19.1 Å². The topological polar surface area (TPSA) is 136 Å². The van der Waals surface area contributed by atoms with Crippen LogP contribution >= 0.6 is 0 Å². The van der Waals surface area contributed by atoms with E-state index in [1.807, 2.05) is 0 Å². The van der Waals surface area contributed by atoms with Gasteiger partial charge in [0.05, 0.1) is 21.3 Å². The number of para-hydroxylation sites is 2. The van der Waals surface area contributed by atoms with Crippen molar-refractivity contribution in [3.05, 3.63) is 77.9 Å². The largest absolute Gasteiger partial charge is 0.493 e. The zero-order valence-corrected chi connectivity index (χ0v) is 23.8. The number of esters is 3. The lowest BCUT2D eigenvalue weighted by atomic mass is 10.0. The molecule has 0 aliphatic heterocycles. The van der Waals surface area contributed by atoms with Crippen LogP contribution in [0.3, 0.4) is 0 Å². The summed E-state index contributed by atoms with van der Waals surface area (Å²) >= 11 is 0. The zero-order valence-electron chi connectivity index (χ0n) is 23.8. The molecule has 0 unspecified atom stereocenters. The quantitative estimate of drug-likeness (QED) is 0.176. The smallest absolute Gasteiger partial charge is 0.330 e. The molecule has 0 heterocycles. The number of carbonyl (C=O) groups is 3. The van der Waals surface area contributed by atoms with E-state index >= 15 is 0 Å². The van der Waals surface area contributed by atoms with Gasteiger partial charge in [-0.3, -0.25) is 9.59 Å². The molecule has 0 aliphatic rings. The number of ether oxygens (including phenoxy) is 7. The monoisotopic (exact) mass is 580 g/mol. The maximum Gasteiger partial charge on any atom is 0.330 e. The number of carbonyl (C=O) groups excluding carboxylic acids is 3. The number of aliphatic hydroxyl groups excluding tert-OH is 1. The number of aliphatic hydroxyl groups is 1. The van der Waals surface area contributed by atoms with Gasteiger partial charge in [-0.1, -0.05) is 24.3 Å². The molecule has 0 spiro atoms. The van der Waals surface area contributed by atoms with Crippen molar-refractivity contribution in [1.82, 2.24) is 0 Å². The third-order valence-corrected chi connectivity index (χ3v) is 5.71. The lowest BCUT2D eigenvalue weighted by molar-refractivity contribution is -0.142. The fourth-order valence-electron chi connectivity index (χ4n) is 3.79. The molecule has 0 saturated heterocycles. The summed E-state index contributed by atoms with van der Waals surface area (Å²) in [6.45, 7) is 2.18. The van der Waals surface area contributed by atoms with Crippen LogP contribution in [0.2, 0.25) is 0 Å². The molecule has 3 aromatic rings. The standard InChI is InChI=1S/C31H32O11/c1-19(32)40-23-13-10-21(11-14-23)12-15-29(34)39-18-28(42-25-9-7-6-8-24(25)36-3)30(35)22-16-26(37-4)31(41-20(2)33)27(17-22)38-5/h6-17,28,30,35H,18H2,1-5H3/b15-12+/t28-,30+/m1/s1. The highest BCUT2D eigenvalue weighted by Crippen LogP contribution is 2.41. The molecule has 0 aliphatic carbocycles. The maximum atomic E-state index is 12.6. The van der Waals surface area contributed by atoms with Crippen molar-refractivity contribution in [3.63, 3.8) is 0 Å². The van der Waals surface area contributed by atoms with E-state index in [1.165, 1.54) is 59.5 Å². The van der Waals surface area contributed by atoms with Gasteiger partial charge in [-0.25, -0.2) is 4.79 Å². The Morgan fingerprint density at radius 2 is 1.36 bits per heavy atom. The summed E-state index contributed by atoms with van der Waals surface area (Å²) in [7, 11) is 4.22. The molecule has 0 radical (unpaired) electrons. The second-order valence-electron chi connectivity index (χ2n) is 8.73. The summed E-state index contributed by atoms with van der Waals surface area (Å²) in [6, 6.07) is 16.2. The molecule has 2 atom stereocenters. The van der Waals surface area contributed by atoms with Crippen LogP contribution in [-0.4, -0.2) is 57.1 Å². The summed E-state index contributed by atoms with van der Waals surface area (Å²) < 4.78 is 37.8. The minimum Gasteiger partial charge on any atom is -0.493 e. The average molecular weight is 581 g/mol. The molecule has 11 nitrogen and oxygen atoms in total. The van der Waals surface area contributed by atoms with E-state index in [-0.39, 0.29) is 29.4 Å². The molecule has 0 aromatic heterocycles. The van der Waals surface area contributed by atoms with E-state index in [2.05, 4.69) is 0 Å². The predicted molar refractivity (Wildman–Crippen MR) is 151 cm³/mol. The molecule has 11 heteroatoms. The maximum absolute atomic E-state index is 12.6. The van der Waals surface area contributed by atoms with Gasteiger partial charge in [0.25, 0.3) is 0 Å². The van der Waals surface area contributed by atoms with Gasteiger partial charge in [-0.05, 0) is 53.6 Å². The van der Waals surface area contributed by atoms with Crippen LogP contribution < -0.4 is 28.4 Å². The average Bonchev–Trinajstić information content (AvgIpc) is 2.98. The summed E-state index contributed by atoms with van der Waals surface area (Å²) in [6.07, 6.45) is 0.258. The van der Waals surface area contributed by atoms with Crippen LogP contribution in [0.1, 0.15) is 31.1 Å². The van der Waals surface area contributed by atoms with Gasteiger partial charge in [0.1, 0.15) is 18.5 Å². The number of methoxy groups -OCH3 is 3. The number of hydrogen-bond donors (Lipinski definition) is 1. The Labute approximate surface area is 243 Å². The Morgan fingerprint density at radius 1 is 0.786 bits per heavy atom. The van der Waals surface area contributed by atoms with E-state index in [0.29, 0.717) is 22.8 Å². The molecule has 0 saturated carbocycles. The minimum atomic E-state index is -1.37. The van der Waals surface area contributed by atoms with E-state index < -0.39 is 30.1 Å². The summed E-state index contributed by atoms with van der Waals surface area (Å²) in [4.78, 5) is 35.3. The Balaban J connectivity index is 1.84. The van der Waals surface area contributed by atoms with Gasteiger partial charge in [0.2, 0.25) is 5.75 Å². The minimum absolute atomic E-state index is 0.0445. The van der Waals surface area contributed by atoms with Gasteiger partial charge < -0.3 is 38.3 Å². The normalized spacial score (nSPS) is 12.1. The first-order valence-electron chi connectivity index (χ1n) is 12.7. The van der Waals surface area contributed by atoms with Crippen molar-refractivity contribution in [2.75, 3.05) is 27.9 Å². The molecule has 1 N–H and O–H groups in total. The van der Waals surface area contributed by atoms with E-state index in [9.17, 15) is 19.5 Å². The summed E-state index contributed by atoms with van der Waals surface area (Å²) in [5, 5.41) is 11.4. The molecule has 3 rings (SSSR count). The molecule has 3 aromatic carbocycles. The first kappa shape index (κ1) is 31.5. The predicted octanol–water partition coefficient (Wildman–Crippen LogP) is 4.30. The van der Waals surface area contributed by atoms with E-state index in [0.717, 1.165) is 0 Å². The number of rotatable bonds is 13. The van der Waals surface area contributed by atoms with Crippen molar-refractivity contribution < 1.29 is 52.6 Å². The van der Waals surface area contributed by atoms with Crippen LogP contribution in [0.25, 0.3) is 6.08 Å². The van der Waals surface area contributed by atoms with Crippen LogP contribution in [0, 0.1) is 0 Å². The van der Waals surface area contributed by atoms with Crippen molar-refractivity contribution in [3.8, 4) is 34.5 Å². The van der Waals surface area contributed by atoms with Crippen molar-refractivity contribution in [2.45, 2.75) is 26.1 Å². The molecule has 222 valence electrons. The van der Waals surface area contributed by atoms with Crippen molar-refractivity contribution >= 4 is 24.0 Å². The van der Waals surface area contributed by atoms with E-state index in [4.69, 9.17) is 33.2 Å². The van der Waals surface area contributed by atoms with Gasteiger partial charge in [-0.15, -0.1) is 0 Å². The van der Waals surface area contributed by atoms with Crippen LogP contribution in [0.4, 0.5) is 0 Å².